The van der Waals surface area contributed by atoms with Gasteiger partial charge in [0.25, 0.3) is 10.0 Å². The Bertz CT molecular complexity index is 1320. The van der Waals surface area contributed by atoms with Crippen molar-refractivity contribution in [2.45, 2.75) is 24.7 Å². The van der Waals surface area contributed by atoms with Crippen molar-refractivity contribution in [1.82, 2.24) is 3.97 Å². The van der Waals surface area contributed by atoms with Crippen molar-refractivity contribution in [3.63, 3.8) is 0 Å². The number of carboxylic acids is 1. The molecule has 0 atom stereocenters. The van der Waals surface area contributed by atoms with Crippen molar-refractivity contribution in [1.29, 1.82) is 0 Å². The van der Waals surface area contributed by atoms with Gasteiger partial charge in [-0.3, -0.25) is 4.79 Å². The Kier molecular flexibility index (Phi) is 5.06. The first kappa shape index (κ1) is 19.5. The van der Waals surface area contributed by atoms with Crippen molar-refractivity contribution in [2.24, 2.45) is 0 Å². The van der Waals surface area contributed by atoms with Gasteiger partial charge < -0.3 is 9.84 Å². The molecule has 0 aliphatic rings. The summed E-state index contributed by atoms with van der Waals surface area (Å²) in [6, 6.07) is 12.6. The highest BCUT2D eigenvalue weighted by Crippen LogP contribution is 2.34. The molecule has 0 unspecified atom stereocenters. The Morgan fingerprint density at radius 1 is 1.17 bits per heavy atom. The maximum absolute atomic E-state index is 13.6. The molecule has 0 aliphatic heterocycles. The molecule has 0 aliphatic carbocycles. The number of benzene rings is 2. The summed E-state index contributed by atoms with van der Waals surface area (Å²) in [5.74, 6) is -0.363. The van der Waals surface area contributed by atoms with Gasteiger partial charge in [0.1, 0.15) is 10.6 Å². The molecular formula is C21H19NO5S2. The van der Waals surface area contributed by atoms with Gasteiger partial charge in [-0.1, -0.05) is 18.2 Å². The normalized spacial score (nSPS) is 11.9. The van der Waals surface area contributed by atoms with E-state index >= 15 is 0 Å². The molecule has 0 bridgehead atoms. The zero-order chi connectivity index (χ0) is 20.6. The van der Waals surface area contributed by atoms with E-state index < -0.39 is 16.0 Å². The molecule has 0 radical (unpaired) electrons. The third kappa shape index (κ3) is 3.49. The fourth-order valence-corrected chi connectivity index (χ4v) is 6.26. The minimum Gasteiger partial charge on any atom is -0.494 e. The molecule has 6 nitrogen and oxygen atoms in total. The van der Waals surface area contributed by atoms with Crippen LogP contribution < -0.4 is 4.74 Å². The Labute approximate surface area is 172 Å². The van der Waals surface area contributed by atoms with E-state index in [-0.39, 0.29) is 17.7 Å². The molecule has 0 saturated carbocycles. The molecule has 150 valence electrons. The minimum absolute atomic E-state index is 0.0756. The molecular weight excluding hydrogens is 410 g/mol. The van der Waals surface area contributed by atoms with E-state index in [4.69, 9.17) is 9.84 Å². The van der Waals surface area contributed by atoms with Gasteiger partial charge in [0.05, 0.1) is 12.1 Å². The molecule has 4 rings (SSSR count). The van der Waals surface area contributed by atoms with Crippen LogP contribution in [0.25, 0.3) is 21.0 Å². The lowest BCUT2D eigenvalue weighted by molar-refractivity contribution is -0.136. The first-order chi connectivity index (χ1) is 13.9. The topological polar surface area (TPSA) is 85.6 Å². The quantitative estimate of drug-likeness (QED) is 0.467. The highest BCUT2D eigenvalue weighted by atomic mass is 32.2. The second-order valence-electron chi connectivity index (χ2n) is 6.56. The van der Waals surface area contributed by atoms with Crippen molar-refractivity contribution in [3.05, 3.63) is 59.6 Å². The van der Waals surface area contributed by atoms with E-state index in [1.54, 1.807) is 29.6 Å². The molecule has 8 heteroatoms. The van der Waals surface area contributed by atoms with Gasteiger partial charge in [-0.2, -0.15) is 0 Å². The maximum Gasteiger partial charge on any atom is 0.303 e. The summed E-state index contributed by atoms with van der Waals surface area (Å²) in [5, 5.41) is 12.1. The molecule has 0 spiro atoms. The average molecular weight is 430 g/mol. The molecule has 0 fully saturated rings. The molecule has 2 aromatic heterocycles. The van der Waals surface area contributed by atoms with Gasteiger partial charge in [-0.05, 0) is 37.1 Å². The van der Waals surface area contributed by atoms with E-state index in [1.165, 1.54) is 21.5 Å². The monoisotopic (exact) mass is 429 g/mol. The van der Waals surface area contributed by atoms with E-state index in [9.17, 15) is 13.2 Å². The number of carboxylic acid groups (broad SMARTS) is 1. The number of aliphatic carboxylic acids is 1. The lowest BCUT2D eigenvalue weighted by atomic mass is 10.1. The Morgan fingerprint density at radius 2 is 1.97 bits per heavy atom. The first-order valence-corrected chi connectivity index (χ1v) is 11.4. The third-order valence-corrected chi connectivity index (χ3v) is 7.55. The van der Waals surface area contributed by atoms with Gasteiger partial charge in [0.15, 0.2) is 0 Å². The second-order valence-corrected chi connectivity index (χ2v) is 9.25. The molecule has 2 heterocycles. The average Bonchev–Trinajstić information content (AvgIpc) is 3.29. The molecule has 0 amide bonds. The van der Waals surface area contributed by atoms with Crippen LogP contribution in [0.1, 0.15) is 18.9 Å². The van der Waals surface area contributed by atoms with Gasteiger partial charge in [0, 0.05) is 39.5 Å². The summed E-state index contributed by atoms with van der Waals surface area (Å²) in [7, 11) is -3.87. The van der Waals surface area contributed by atoms with Crippen LogP contribution in [0.4, 0.5) is 0 Å². The minimum atomic E-state index is -3.87. The lowest BCUT2D eigenvalue weighted by Gasteiger charge is -2.08. The number of ether oxygens (including phenoxy) is 1. The van der Waals surface area contributed by atoms with Gasteiger partial charge in [0.2, 0.25) is 0 Å². The number of hydrogen-bond donors (Lipinski definition) is 1. The van der Waals surface area contributed by atoms with Gasteiger partial charge in [-0.25, -0.2) is 12.4 Å². The van der Waals surface area contributed by atoms with E-state index in [1.807, 2.05) is 25.1 Å². The summed E-state index contributed by atoms with van der Waals surface area (Å²) in [5.41, 5.74) is 1.15. The summed E-state index contributed by atoms with van der Waals surface area (Å²) < 4.78 is 34.8. The van der Waals surface area contributed by atoms with Crippen LogP contribution in [0.15, 0.2) is 58.9 Å². The van der Waals surface area contributed by atoms with Crippen LogP contribution >= 0.6 is 11.3 Å². The number of carbonyl (C=O) groups is 1. The fourth-order valence-electron chi connectivity index (χ4n) is 3.40. The van der Waals surface area contributed by atoms with Crippen LogP contribution in [0.2, 0.25) is 0 Å². The number of aromatic nitrogens is 1. The SMILES string of the molecule is CCOc1ccc2c(CCC(=O)O)cn(S(=O)(=O)c3csc4ccccc34)c2c1. The first-order valence-electron chi connectivity index (χ1n) is 9.12. The molecule has 0 saturated heterocycles. The summed E-state index contributed by atoms with van der Waals surface area (Å²) in [6.07, 6.45) is 1.70. The Balaban J connectivity index is 1.93. The predicted octanol–water partition coefficient (Wildman–Crippen LogP) is 4.51. The van der Waals surface area contributed by atoms with Crippen molar-refractivity contribution >= 4 is 48.3 Å². The predicted molar refractivity (Wildman–Crippen MR) is 113 cm³/mol. The van der Waals surface area contributed by atoms with Crippen LogP contribution in [-0.2, 0) is 21.2 Å². The van der Waals surface area contributed by atoms with Crippen molar-refractivity contribution in [3.8, 4) is 5.75 Å². The smallest absolute Gasteiger partial charge is 0.303 e. The number of thiophene rings is 1. The third-order valence-electron chi connectivity index (χ3n) is 4.73. The molecule has 2 aromatic carbocycles. The van der Waals surface area contributed by atoms with E-state index in [0.29, 0.717) is 34.2 Å². The van der Waals surface area contributed by atoms with E-state index in [0.717, 1.165) is 4.70 Å². The highest BCUT2D eigenvalue weighted by Gasteiger charge is 2.25. The van der Waals surface area contributed by atoms with Crippen LogP contribution in [0, 0.1) is 0 Å². The van der Waals surface area contributed by atoms with Crippen molar-refractivity contribution in [2.75, 3.05) is 6.61 Å². The molecule has 4 aromatic rings. The van der Waals surface area contributed by atoms with Crippen LogP contribution in [0.5, 0.6) is 5.75 Å². The summed E-state index contributed by atoms with van der Waals surface area (Å²) in [6.45, 7) is 2.32. The van der Waals surface area contributed by atoms with Gasteiger partial charge >= 0.3 is 5.97 Å². The number of nitrogens with zero attached hydrogens (tertiary/aromatic N) is 1. The number of aryl methyl sites for hydroxylation is 1. The second kappa shape index (κ2) is 7.53. The Morgan fingerprint density at radius 3 is 2.72 bits per heavy atom. The highest BCUT2D eigenvalue weighted by molar-refractivity contribution is 7.90. The summed E-state index contributed by atoms with van der Waals surface area (Å²) >= 11 is 1.38. The summed E-state index contributed by atoms with van der Waals surface area (Å²) in [4.78, 5) is 11.3. The van der Waals surface area contributed by atoms with Crippen LogP contribution in [-0.4, -0.2) is 30.1 Å². The zero-order valence-corrected chi connectivity index (χ0v) is 17.3. The standard InChI is InChI=1S/C21H19NO5S2/c1-2-27-15-8-9-16-14(7-10-21(23)24)12-22(18(16)11-15)29(25,26)20-13-28-19-6-4-3-5-17(19)20/h3-6,8-9,11-13H,2,7,10H2,1H3,(H,23,24). The Hall–Kier alpha value is -2.84. The van der Waals surface area contributed by atoms with Crippen molar-refractivity contribution < 1.29 is 23.1 Å². The molecule has 29 heavy (non-hydrogen) atoms. The largest absolute Gasteiger partial charge is 0.494 e. The molecule has 1 N–H and O–H groups in total. The zero-order valence-electron chi connectivity index (χ0n) is 15.7. The van der Waals surface area contributed by atoms with E-state index in [2.05, 4.69) is 0 Å². The maximum atomic E-state index is 13.6. The number of rotatable bonds is 7. The lowest BCUT2D eigenvalue weighted by Crippen LogP contribution is -2.11. The van der Waals surface area contributed by atoms with Gasteiger partial charge in [-0.15, -0.1) is 11.3 Å². The van der Waals surface area contributed by atoms with Crippen LogP contribution in [0.3, 0.4) is 0 Å². The fraction of sp³-hybridized carbons (Fsp3) is 0.190. The number of fused-ring (bicyclic) bond motifs is 2. The number of hydrogen-bond acceptors (Lipinski definition) is 5.